The monoisotopic (exact) mass is 249 g/mol. The molecule has 1 heterocycles. The molecule has 1 fully saturated rings. The van der Waals surface area contributed by atoms with Crippen molar-refractivity contribution < 1.29 is 23.1 Å². The molecule has 0 aromatic rings. The SMILES string of the molecule is CS(=O)(=O)CC(=O)N1CCCCC1C(=O)O. The predicted octanol–water partition coefficient (Wildman–Crippen LogP) is -0.503. The average Bonchev–Trinajstić information content (AvgIpc) is 2.15. The second-order valence-corrected chi connectivity index (χ2v) is 6.15. The Bertz CT molecular complexity index is 389. The van der Waals surface area contributed by atoms with Gasteiger partial charge in [0.25, 0.3) is 0 Å². The average molecular weight is 249 g/mol. The number of hydrogen-bond donors (Lipinski definition) is 1. The summed E-state index contributed by atoms with van der Waals surface area (Å²) in [6.07, 6.45) is 2.83. The first-order valence-corrected chi connectivity index (χ1v) is 7.07. The van der Waals surface area contributed by atoms with E-state index in [2.05, 4.69) is 0 Å². The van der Waals surface area contributed by atoms with Crippen molar-refractivity contribution in [3.8, 4) is 0 Å². The Morgan fingerprint density at radius 2 is 2.00 bits per heavy atom. The second kappa shape index (κ2) is 4.82. The van der Waals surface area contributed by atoms with Gasteiger partial charge in [-0.2, -0.15) is 0 Å². The molecule has 1 amide bonds. The molecule has 16 heavy (non-hydrogen) atoms. The molecule has 0 radical (unpaired) electrons. The van der Waals surface area contributed by atoms with Gasteiger partial charge in [-0.3, -0.25) is 4.79 Å². The highest BCUT2D eigenvalue weighted by atomic mass is 32.2. The summed E-state index contributed by atoms with van der Waals surface area (Å²) in [4.78, 5) is 23.7. The number of carboxylic acid groups (broad SMARTS) is 1. The fourth-order valence-corrected chi connectivity index (χ4v) is 2.41. The molecule has 1 aliphatic heterocycles. The normalized spacial score (nSPS) is 21.8. The minimum atomic E-state index is -3.41. The van der Waals surface area contributed by atoms with Gasteiger partial charge in [-0.1, -0.05) is 0 Å². The maximum absolute atomic E-state index is 11.6. The molecule has 1 saturated heterocycles. The smallest absolute Gasteiger partial charge is 0.326 e. The first kappa shape index (κ1) is 13.0. The van der Waals surface area contributed by atoms with Gasteiger partial charge in [-0.15, -0.1) is 0 Å². The Labute approximate surface area is 94.2 Å². The maximum atomic E-state index is 11.6. The lowest BCUT2D eigenvalue weighted by molar-refractivity contribution is -0.151. The van der Waals surface area contributed by atoms with Gasteiger partial charge < -0.3 is 10.0 Å². The molecule has 7 heteroatoms. The van der Waals surface area contributed by atoms with E-state index in [1.54, 1.807) is 0 Å². The molecule has 1 atom stereocenters. The molecule has 0 saturated carbocycles. The molecular weight excluding hydrogens is 234 g/mol. The highest BCUT2D eigenvalue weighted by molar-refractivity contribution is 7.91. The summed E-state index contributed by atoms with van der Waals surface area (Å²) in [6.45, 7) is 0.325. The molecular formula is C9H15NO5S. The van der Waals surface area contributed by atoms with E-state index < -0.39 is 33.5 Å². The number of amides is 1. The molecule has 0 aliphatic carbocycles. The zero-order chi connectivity index (χ0) is 12.3. The lowest BCUT2D eigenvalue weighted by atomic mass is 10.0. The number of likely N-dealkylation sites (tertiary alicyclic amines) is 1. The summed E-state index contributed by atoms with van der Waals surface area (Å²) in [7, 11) is -3.41. The number of nitrogens with zero attached hydrogens (tertiary/aromatic N) is 1. The molecule has 0 aromatic carbocycles. The fourth-order valence-electron chi connectivity index (χ4n) is 1.79. The van der Waals surface area contributed by atoms with Crippen LogP contribution in [-0.2, 0) is 19.4 Å². The number of piperidine rings is 1. The van der Waals surface area contributed by atoms with Crippen LogP contribution in [0.5, 0.6) is 0 Å². The molecule has 1 rings (SSSR count). The summed E-state index contributed by atoms with van der Waals surface area (Å²) in [5.41, 5.74) is 0. The quantitative estimate of drug-likeness (QED) is 0.727. The van der Waals surface area contributed by atoms with E-state index in [0.29, 0.717) is 13.0 Å². The van der Waals surface area contributed by atoms with Crippen LogP contribution in [0.3, 0.4) is 0 Å². The lowest BCUT2D eigenvalue weighted by Crippen LogP contribution is -2.49. The van der Waals surface area contributed by atoms with E-state index in [0.717, 1.165) is 24.0 Å². The lowest BCUT2D eigenvalue weighted by Gasteiger charge is -2.32. The van der Waals surface area contributed by atoms with Gasteiger partial charge in [-0.25, -0.2) is 13.2 Å². The van der Waals surface area contributed by atoms with Crippen LogP contribution < -0.4 is 0 Å². The van der Waals surface area contributed by atoms with Crippen molar-refractivity contribution in [3.63, 3.8) is 0 Å². The van der Waals surface area contributed by atoms with Crippen molar-refractivity contribution >= 4 is 21.7 Å². The number of carboxylic acids is 1. The van der Waals surface area contributed by atoms with Crippen molar-refractivity contribution in [1.82, 2.24) is 4.90 Å². The number of aliphatic carboxylic acids is 1. The van der Waals surface area contributed by atoms with Crippen LogP contribution >= 0.6 is 0 Å². The van der Waals surface area contributed by atoms with Gasteiger partial charge in [0.2, 0.25) is 5.91 Å². The van der Waals surface area contributed by atoms with Crippen LogP contribution in [0.2, 0.25) is 0 Å². The van der Waals surface area contributed by atoms with Crippen molar-refractivity contribution in [2.75, 3.05) is 18.6 Å². The molecule has 92 valence electrons. The zero-order valence-electron chi connectivity index (χ0n) is 9.05. The Balaban J connectivity index is 2.76. The molecule has 0 aromatic heterocycles. The van der Waals surface area contributed by atoms with E-state index in [-0.39, 0.29) is 0 Å². The standard InChI is InChI=1S/C9H15NO5S/c1-16(14,15)6-8(11)10-5-3-2-4-7(10)9(12)13/h7H,2-6H2,1H3,(H,12,13). The van der Waals surface area contributed by atoms with E-state index in [9.17, 15) is 18.0 Å². The Hall–Kier alpha value is -1.11. The number of hydrogen-bond acceptors (Lipinski definition) is 4. The van der Waals surface area contributed by atoms with Crippen molar-refractivity contribution in [2.45, 2.75) is 25.3 Å². The highest BCUT2D eigenvalue weighted by Crippen LogP contribution is 2.17. The van der Waals surface area contributed by atoms with Gasteiger partial charge in [0, 0.05) is 12.8 Å². The van der Waals surface area contributed by atoms with Crippen LogP contribution in [0, 0.1) is 0 Å². The predicted molar refractivity (Wildman–Crippen MR) is 56.7 cm³/mol. The van der Waals surface area contributed by atoms with Crippen LogP contribution in [-0.4, -0.2) is 54.9 Å². The van der Waals surface area contributed by atoms with Crippen molar-refractivity contribution in [1.29, 1.82) is 0 Å². The van der Waals surface area contributed by atoms with Crippen molar-refractivity contribution in [3.05, 3.63) is 0 Å². The van der Waals surface area contributed by atoms with E-state index >= 15 is 0 Å². The van der Waals surface area contributed by atoms with Gasteiger partial charge >= 0.3 is 5.97 Å². The topological polar surface area (TPSA) is 91.8 Å². The fraction of sp³-hybridized carbons (Fsp3) is 0.778. The summed E-state index contributed by atoms with van der Waals surface area (Å²) in [6, 6.07) is -0.872. The molecule has 1 aliphatic rings. The number of rotatable bonds is 3. The van der Waals surface area contributed by atoms with Crippen LogP contribution in [0.4, 0.5) is 0 Å². The molecule has 0 bridgehead atoms. The first-order valence-electron chi connectivity index (χ1n) is 5.01. The summed E-state index contributed by atoms with van der Waals surface area (Å²) in [5, 5.41) is 8.91. The summed E-state index contributed by atoms with van der Waals surface area (Å²) >= 11 is 0. The zero-order valence-corrected chi connectivity index (χ0v) is 9.87. The number of carbonyl (C=O) groups is 2. The third-order valence-corrected chi connectivity index (χ3v) is 3.27. The maximum Gasteiger partial charge on any atom is 0.326 e. The van der Waals surface area contributed by atoms with E-state index in [4.69, 9.17) is 5.11 Å². The molecule has 0 spiro atoms. The van der Waals surface area contributed by atoms with Gasteiger partial charge in [0.15, 0.2) is 9.84 Å². The van der Waals surface area contributed by atoms with Gasteiger partial charge in [0.1, 0.15) is 11.8 Å². The molecule has 6 nitrogen and oxygen atoms in total. The minimum absolute atomic E-state index is 0.325. The Morgan fingerprint density at radius 1 is 1.38 bits per heavy atom. The molecule has 1 unspecified atom stereocenters. The Morgan fingerprint density at radius 3 is 2.50 bits per heavy atom. The number of carbonyl (C=O) groups excluding carboxylic acids is 1. The van der Waals surface area contributed by atoms with Crippen LogP contribution in [0.1, 0.15) is 19.3 Å². The largest absolute Gasteiger partial charge is 0.480 e. The third kappa shape index (κ3) is 3.48. The van der Waals surface area contributed by atoms with Crippen LogP contribution in [0.25, 0.3) is 0 Å². The first-order chi connectivity index (χ1) is 7.31. The van der Waals surface area contributed by atoms with E-state index in [1.807, 2.05) is 0 Å². The molecule has 1 N–H and O–H groups in total. The summed E-state index contributed by atoms with van der Waals surface area (Å²) < 4.78 is 21.9. The minimum Gasteiger partial charge on any atom is -0.480 e. The van der Waals surface area contributed by atoms with Crippen molar-refractivity contribution in [2.24, 2.45) is 0 Å². The Kier molecular flexibility index (Phi) is 3.90. The van der Waals surface area contributed by atoms with Gasteiger partial charge in [0.05, 0.1) is 0 Å². The van der Waals surface area contributed by atoms with Crippen LogP contribution in [0.15, 0.2) is 0 Å². The van der Waals surface area contributed by atoms with E-state index in [1.165, 1.54) is 0 Å². The number of sulfone groups is 1. The van der Waals surface area contributed by atoms with Gasteiger partial charge in [-0.05, 0) is 19.3 Å². The highest BCUT2D eigenvalue weighted by Gasteiger charge is 2.32. The third-order valence-electron chi connectivity index (χ3n) is 2.49. The summed E-state index contributed by atoms with van der Waals surface area (Å²) in [5.74, 6) is -2.30. The second-order valence-electron chi connectivity index (χ2n) is 4.01.